The van der Waals surface area contributed by atoms with E-state index in [1.165, 1.54) is 11.6 Å². The third-order valence-electron chi connectivity index (χ3n) is 5.88. The van der Waals surface area contributed by atoms with Crippen LogP contribution >= 0.6 is 0 Å². The molecule has 0 amide bonds. The van der Waals surface area contributed by atoms with Crippen LogP contribution in [0.4, 0.5) is 13.2 Å². The molecule has 0 atom stereocenters. The van der Waals surface area contributed by atoms with Gasteiger partial charge in [0.1, 0.15) is 0 Å². The number of benzene rings is 3. The number of aryl methyl sites for hydroxylation is 1. The predicted octanol–water partition coefficient (Wildman–Crippen LogP) is 8.48. The molecule has 2 aromatic heterocycles. The predicted molar refractivity (Wildman–Crippen MR) is 142 cm³/mol. The summed E-state index contributed by atoms with van der Waals surface area (Å²) in [5.41, 5.74) is 6.53. The number of nitrogens with zero attached hydrogens (tertiary/aromatic N) is 2. The van der Waals surface area contributed by atoms with Crippen LogP contribution in [-0.4, -0.2) is 9.97 Å². The zero-order valence-electron chi connectivity index (χ0n) is 20.7. The van der Waals surface area contributed by atoms with Crippen LogP contribution in [0.3, 0.4) is 0 Å². The molecule has 5 aromatic rings. The van der Waals surface area contributed by atoms with E-state index in [4.69, 9.17) is 0 Å². The van der Waals surface area contributed by atoms with Crippen molar-refractivity contribution >= 4 is 0 Å². The van der Waals surface area contributed by atoms with Gasteiger partial charge in [-0.2, -0.15) is 0 Å². The Labute approximate surface area is 235 Å². The van der Waals surface area contributed by atoms with Crippen LogP contribution in [0.5, 0.6) is 0 Å². The number of hydrogen-bond donors (Lipinski definition) is 0. The fraction of sp³-hybridized carbons (Fsp3) is 0.125. The third kappa shape index (κ3) is 7.03. The first kappa shape index (κ1) is 29.0. The van der Waals surface area contributed by atoms with E-state index in [9.17, 15) is 13.2 Å². The first-order valence-corrected chi connectivity index (χ1v) is 11.8. The van der Waals surface area contributed by atoms with Gasteiger partial charge in [0.25, 0.3) is 0 Å². The molecule has 5 rings (SSSR count). The van der Waals surface area contributed by atoms with Crippen molar-refractivity contribution in [2.24, 2.45) is 0 Å². The van der Waals surface area contributed by atoms with Crippen molar-refractivity contribution in [1.82, 2.24) is 9.97 Å². The van der Waals surface area contributed by atoms with Crippen molar-refractivity contribution < 1.29 is 33.3 Å². The maximum absolute atomic E-state index is 13.2. The van der Waals surface area contributed by atoms with E-state index in [1.54, 1.807) is 12.3 Å². The Kier molecular flexibility index (Phi) is 11.0. The number of alkyl halides is 3. The molecule has 6 heteroatoms. The van der Waals surface area contributed by atoms with Gasteiger partial charge in [-0.1, -0.05) is 71.3 Å². The van der Waals surface area contributed by atoms with Crippen LogP contribution in [0.25, 0.3) is 33.6 Å². The van der Waals surface area contributed by atoms with Gasteiger partial charge in [-0.3, -0.25) is 8.78 Å². The second-order valence-corrected chi connectivity index (χ2v) is 8.34. The third-order valence-corrected chi connectivity index (χ3v) is 5.88. The molecule has 0 aliphatic heterocycles. The first-order chi connectivity index (χ1) is 18.1. The number of halogens is 3. The average molecular weight is 687 g/mol. The largest absolute Gasteiger partial charge is 0.304 e. The Balaban J connectivity index is 0.000000205. The van der Waals surface area contributed by atoms with Crippen LogP contribution in [0.1, 0.15) is 22.3 Å². The van der Waals surface area contributed by atoms with Crippen LogP contribution in [0.15, 0.2) is 97.3 Å². The van der Waals surface area contributed by atoms with E-state index in [0.29, 0.717) is 11.3 Å². The molecule has 38 heavy (non-hydrogen) atoms. The van der Waals surface area contributed by atoms with Crippen molar-refractivity contribution in [2.45, 2.75) is 26.9 Å². The summed E-state index contributed by atoms with van der Waals surface area (Å²) in [6.45, 7) is -0.708. The number of aromatic nitrogens is 2. The van der Waals surface area contributed by atoms with E-state index in [1.807, 2.05) is 67.7 Å². The molecule has 3 aromatic carbocycles. The maximum atomic E-state index is 13.2. The normalized spacial score (nSPS) is 10.2. The van der Waals surface area contributed by atoms with Gasteiger partial charge in [0.15, 0.2) is 0 Å². The zero-order valence-corrected chi connectivity index (χ0v) is 23.1. The molecular weight excluding hydrogens is 662 g/mol. The number of rotatable bonds is 6. The van der Waals surface area contributed by atoms with Crippen molar-refractivity contribution in [3.8, 4) is 33.6 Å². The van der Waals surface area contributed by atoms with E-state index in [-0.39, 0.29) is 36.8 Å². The molecule has 0 saturated carbocycles. The standard InChI is InChI=1S/C17H12N.C15H13F3N.Ir/c1-3-7-14(8-4-1)16-11-12-17(18-13-16)15-9-5-2-6-10-15;1-10-2-5-15(19-9-10)12-4-3-11(6-16)13(7-17)14(12)8-18;/h1-9,11-13H;2-3,5,9H,6-8H2,1H3;/q2*-1;. The van der Waals surface area contributed by atoms with E-state index >= 15 is 0 Å². The monoisotopic (exact) mass is 687 g/mol. The molecule has 2 nitrogen and oxygen atoms in total. The van der Waals surface area contributed by atoms with Crippen LogP contribution < -0.4 is 0 Å². The minimum Gasteiger partial charge on any atom is -0.304 e. The van der Waals surface area contributed by atoms with Gasteiger partial charge in [-0.05, 0) is 35.0 Å². The number of pyridine rings is 2. The molecule has 0 saturated heterocycles. The molecule has 2 heterocycles. The fourth-order valence-electron chi connectivity index (χ4n) is 3.86. The van der Waals surface area contributed by atoms with Gasteiger partial charge >= 0.3 is 0 Å². The quantitative estimate of drug-likeness (QED) is 0.168. The van der Waals surface area contributed by atoms with Crippen molar-refractivity contribution in [1.29, 1.82) is 0 Å². The Bertz CT molecular complexity index is 1350. The zero-order chi connectivity index (χ0) is 26.0. The molecule has 1 radical (unpaired) electrons. The molecular formula is C32H25F3IrN2-2. The topological polar surface area (TPSA) is 25.8 Å². The van der Waals surface area contributed by atoms with Gasteiger partial charge in [0, 0.05) is 32.5 Å². The summed E-state index contributed by atoms with van der Waals surface area (Å²) in [5, 5.41) is 0. The summed E-state index contributed by atoms with van der Waals surface area (Å²) in [6, 6.07) is 33.2. The molecule has 0 N–H and O–H groups in total. The van der Waals surface area contributed by atoms with E-state index in [2.05, 4.69) is 40.3 Å². The second-order valence-electron chi connectivity index (χ2n) is 8.34. The van der Waals surface area contributed by atoms with Crippen LogP contribution in [0, 0.1) is 19.1 Å². The Morgan fingerprint density at radius 1 is 0.658 bits per heavy atom. The maximum Gasteiger partial charge on any atom is 0.0986 e. The van der Waals surface area contributed by atoms with E-state index in [0.717, 1.165) is 22.4 Å². The fourth-order valence-corrected chi connectivity index (χ4v) is 3.86. The average Bonchev–Trinajstić information content (AvgIpc) is 2.98. The smallest absolute Gasteiger partial charge is 0.0986 e. The van der Waals surface area contributed by atoms with Crippen LogP contribution in [-0.2, 0) is 40.1 Å². The number of hydrogen-bond acceptors (Lipinski definition) is 2. The summed E-state index contributed by atoms with van der Waals surface area (Å²) in [7, 11) is 0. The molecule has 0 aliphatic carbocycles. The molecule has 0 bridgehead atoms. The minimum atomic E-state index is -0.897. The molecule has 0 unspecified atom stereocenters. The SMILES string of the molecule is Cc1ccc(-c2[c-]cc(CF)c(CF)c2CF)nc1.[Ir].[c-]1ccccc1-c1ccc(-c2ccccc2)cn1. The summed E-state index contributed by atoms with van der Waals surface area (Å²) < 4.78 is 38.9. The van der Waals surface area contributed by atoms with Crippen molar-refractivity contribution in [3.63, 3.8) is 0 Å². The minimum absolute atomic E-state index is 0. The van der Waals surface area contributed by atoms with Gasteiger partial charge in [0.2, 0.25) is 0 Å². The van der Waals surface area contributed by atoms with Crippen molar-refractivity contribution in [3.05, 3.63) is 132 Å². The molecule has 0 fully saturated rings. The first-order valence-electron chi connectivity index (χ1n) is 11.8. The Morgan fingerprint density at radius 2 is 1.37 bits per heavy atom. The Hall–Kier alpha value is -3.60. The van der Waals surface area contributed by atoms with Crippen LogP contribution in [0.2, 0.25) is 0 Å². The van der Waals surface area contributed by atoms with Gasteiger partial charge in [-0.15, -0.1) is 53.6 Å². The molecule has 195 valence electrons. The summed E-state index contributed by atoms with van der Waals surface area (Å²) in [4.78, 5) is 8.67. The molecule has 0 spiro atoms. The Morgan fingerprint density at radius 3 is 1.95 bits per heavy atom. The molecule has 0 aliphatic rings. The van der Waals surface area contributed by atoms with Gasteiger partial charge in [-0.25, -0.2) is 4.39 Å². The summed E-state index contributed by atoms with van der Waals surface area (Å²) in [6.07, 6.45) is 3.55. The second kappa shape index (κ2) is 14.4. The summed E-state index contributed by atoms with van der Waals surface area (Å²) >= 11 is 0. The summed E-state index contributed by atoms with van der Waals surface area (Å²) in [5.74, 6) is 0. The van der Waals surface area contributed by atoms with Crippen molar-refractivity contribution in [2.75, 3.05) is 0 Å². The van der Waals surface area contributed by atoms with E-state index < -0.39 is 20.0 Å². The van der Waals surface area contributed by atoms with Gasteiger partial charge < -0.3 is 9.97 Å². The van der Waals surface area contributed by atoms with Gasteiger partial charge in [0.05, 0.1) is 20.0 Å².